The van der Waals surface area contributed by atoms with Crippen LogP contribution in [-0.2, 0) is 9.84 Å². The third kappa shape index (κ3) is 5.19. The van der Waals surface area contributed by atoms with E-state index in [9.17, 15) is 8.42 Å². The van der Waals surface area contributed by atoms with E-state index in [-0.39, 0.29) is 17.5 Å². The summed E-state index contributed by atoms with van der Waals surface area (Å²) in [5.41, 5.74) is 2.42. The topological polar surface area (TPSA) is 46.2 Å². The lowest BCUT2D eigenvalue weighted by Crippen LogP contribution is -2.26. The molecule has 0 saturated carbocycles. The normalized spacial score (nSPS) is 13.5. The van der Waals surface area contributed by atoms with Gasteiger partial charge in [0.15, 0.2) is 9.84 Å². The van der Waals surface area contributed by atoms with Crippen LogP contribution in [0.4, 0.5) is 0 Å². The molecular formula is C14H23NO2S. The maximum absolute atomic E-state index is 11.6. The molecule has 0 fully saturated rings. The number of aryl methyl sites for hydroxylation is 1. The maximum Gasteiger partial charge on any atom is 0.151 e. The van der Waals surface area contributed by atoms with Crippen molar-refractivity contribution in [2.45, 2.75) is 33.2 Å². The number of rotatable bonds is 7. The van der Waals surface area contributed by atoms with Crippen molar-refractivity contribution in [3.05, 3.63) is 35.4 Å². The summed E-state index contributed by atoms with van der Waals surface area (Å²) in [5.74, 6) is 0.504. The van der Waals surface area contributed by atoms with Gasteiger partial charge in [-0.1, -0.05) is 36.8 Å². The summed E-state index contributed by atoms with van der Waals surface area (Å²) in [6.45, 7) is 6.51. The molecule has 0 spiro atoms. The highest BCUT2D eigenvalue weighted by molar-refractivity contribution is 7.91. The number of benzene rings is 1. The van der Waals surface area contributed by atoms with E-state index in [0.717, 1.165) is 0 Å². The molecule has 1 atom stereocenters. The lowest BCUT2D eigenvalue weighted by Gasteiger charge is -2.14. The Labute approximate surface area is 111 Å². The first-order valence-electron chi connectivity index (χ1n) is 6.45. The van der Waals surface area contributed by atoms with E-state index in [1.165, 1.54) is 11.1 Å². The fourth-order valence-corrected chi connectivity index (χ4v) is 3.16. The number of sulfone groups is 1. The number of nitrogens with one attached hydrogen (secondary N) is 1. The molecule has 0 bridgehead atoms. The van der Waals surface area contributed by atoms with Gasteiger partial charge in [0.05, 0.1) is 5.75 Å². The molecule has 0 aliphatic rings. The predicted molar refractivity (Wildman–Crippen MR) is 76.5 cm³/mol. The Morgan fingerprint density at radius 2 is 2.00 bits per heavy atom. The van der Waals surface area contributed by atoms with Crippen LogP contribution in [0.5, 0.6) is 0 Å². The van der Waals surface area contributed by atoms with Gasteiger partial charge in [0, 0.05) is 18.3 Å². The zero-order valence-corrected chi connectivity index (χ0v) is 12.3. The molecule has 0 amide bonds. The molecule has 0 saturated heterocycles. The predicted octanol–water partition coefficient (Wildman–Crippen LogP) is 2.47. The van der Waals surface area contributed by atoms with Gasteiger partial charge in [-0.25, -0.2) is 8.42 Å². The molecule has 0 heterocycles. The van der Waals surface area contributed by atoms with Crippen LogP contribution >= 0.6 is 0 Å². The Bertz CT molecular complexity index is 468. The second kappa shape index (κ2) is 6.90. The SMILES string of the molecule is CCCS(=O)(=O)CCN[C@H](C)c1cccc(C)c1. The summed E-state index contributed by atoms with van der Waals surface area (Å²) >= 11 is 0. The fraction of sp³-hybridized carbons (Fsp3) is 0.571. The van der Waals surface area contributed by atoms with Gasteiger partial charge in [-0.15, -0.1) is 0 Å². The molecule has 3 nitrogen and oxygen atoms in total. The Hall–Kier alpha value is -0.870. The Balaban J connectivity index is 2.45. The quantitative estimate of drug-likeness (QED) is 0.827. The molecule has 0 radical (unpaired) electrons. The Morgan fingerprint density at radius 3 is 2.61 bits per heavy atom. The first kappa shape index (κ1) is 15.2. The molecule has 0 aromatic heterocycles. The summed E-state index contributed by atoms with van der Waals surface area (Å²) in [6.07, 6.45) is 0.690. The van der Waals surface area contributed by atoms with E-state index in [1.54, 1.807) is 0 Å². The maximum atomic E-state index is 11.6. The van der Waals surface area contributed by atoms with Crippen LogP contribution in [0.15, 0.2) is 24.3 Å². The second-order valence-electron chi connectivity index (χ2n) is 4.74. The van der Waals surface area contributed by atoms with Crippen LogP contribution in [0, 0.1) is 6.92 Å². The molecule has 102 valence electrons. The molecule has 1 rings (SSSR count). The highest BCUT2D eigenvalue weighted by Crippen LogP contribution is 2.13. The monoisotopic (exact) mass is 269 g/mol. The van der Waals surface area contributed by atoms with E-state index in [2.05, 4.69) is 37.4 Å². The van der Waals surface area contributed by atoms with Gasteiger partial charge in [-0.2, -0.15) is 0 Å². The minimum atomic E-state index is -2.88. The van der Waals surface area contributed by atoms with E-state index < -0.39 is 9.84 Å². The third-order valence-electron chi connectivity index (χ3n) is 2.92. The molecule has 1 N–H and O–H groups in total. The molecule has 0 aliphatic carbocycles. The van der Waals surface area contributed by atoms with Crippen molar-refractivity contribution in [2.75, 3.05) is 18.1 Å². The van der Waals surface area contributed by atoms with Gasteiger partial charge in [0.1, 0.15) is 0 Å². The van der Waals surface area contributed by atoms with Crippen molar-refractivity contribution in [2.24, 2.45) is 0 Å². The van der Waals surface area contributed by atoms with E-state index in [1.807, 2.05) is 13.0 Å². The smallest absolute Gasteiger partial charge is 0.151 e. The zero-order valence-electron chi connectivity index (χ0n) is 11.4. The van der Waals surface area contributed by atoms with Crippen molar-refractivity contribution < 1.29 is 8.42 Å². The highest BCUT2D eigenvalue weighted by atomic mass is 32.2. The van der Waals surface area contributed by atoms with Crippen molar-refractivity contribution in [1.29, 1.82) is 0 Å². The first-order chi connectivity index (χ1) is 8.44. The molecule has 0 unspecified atom stereocenters. The summed E-state index contributed by atoms with van der Waals surface area (Å²) in [5, 5.41) is 3.26. The van der Waals surface area contributed by atoms with Crippen LogP contribution in [0.1, 0.15) is 37.4 Å². The highest BCUT2D eigenvalue weighted by Gasteiger charge is 2.10. The van der Waals surface area contributed by atoms with Gasteiger partial charge in [0.2, 0.25) is 0 Å². The average molecular weight is 269 g/mol. The number of hydrogen-bond donors (Lipinski definition) is 1. The van der Waals surface area contributed by atoms with Crippen LogP contribution in [0.3, 0.4) is 0 Å². The molecular weight excluding hydrogens is 246 g/mol. The van der Waals surface area contributed by atoms with Gasteiger partial charge in [-0.3, -0.25) is 0 Å². The minimum Gasteiger partial charge on any atom is -0.309 e. The Morgan fingerprint density at radius 1 is 1.28 bits per heavy atom. The van der Waals surface area contributed by atoms with E-state index in [4.69, 9.17) is 0 Å². The van der Waals surface area contributed by atoms with Crippen molar-refractivity contribution in [3.63, 3.8) is 0 Å². The van der Waals surface area contributed by atoms with Crippen LogP contribution in [0.2, 0.25) is 0 Å². The molecule has 4 heteroatoms. The summed E-state index contributed by atoms with van der Waals surface area (Å²) in [7, 11) is -2.88. The largest absolute Gasteiger partial charge is 0.309 e. The fourth-order valence-electron chi connectivity index (χ4n) is 1.90. The Kier molecular flexibility index (Phi) is 5.82. The van der Waals surface area contributed by atoms with Gasteiger partial charge >= 0.3 is 0 Å². The molecule has 1 aromatic carbocycles. The summed E-state index contributed by atoms with van der Waals surface area (Å²) in [6, 6.07) is 8.45. The van der Waals surface area contributed by atoms with E-state index >= 15 is 0 Å². The van der Waals surface area contributed by atoms with Crippen LogP contribution < -0.4 is 5.32 Å². The number of hydrogen-bond acceptors (Lipinski definition) is 3. The summed E-state index contributed by atoms with van der Waals surface area (Å²) < 4.78 is 23.1. The van der Waals surface area contributed by atoms with Crippen molar-refractivity contribution >= 4 is 9.84 Å². The zero-order chi connectivity index (χ0) is 13.6. The molecule has 1 aromatic rings. The summed E-state index contributed by atoms with van der Waals surface area (Å²) in [4.78, 5) is 0. The lowest BCUT2D eigenvalue weighted by atomic mass is 10.1. The van der Waals surface area contributed by atoms with Gasteiger partial charge in [-0.05, 0) is 25.8 Å². The second-order valence-corrected chi connectivity index (χ2v) is 7.05. The molecule has 18 heavy (non-hydrogen) atoms. The van der Waals surface area contributed by atoms with Gasteiger partial charge in [0.25, 0.3) is 0 Å². The standard InChI is InChI=1S/C14H23NO2S/c1-4-9-18(16,17)10-8-15-13(3)14-7-5-6-12(2)11-14/h5-7,11,13,15H,4,8-10H2,1-3H3/t13-/m1/s1. The van der Waals surface area contributed by atoms with Crippen molar-refractivity contribution in [1.82, 2.24) is 5.32 Å². The van der Waals surface area contributed by atoms with Crippen LogP contribution in [0.25, 0.3) is 0 Å². The molecule has 0 aliphatic heterocycles. The third-order valence-corrected chi connectivity index (χ3v) is 4.78. The van der Waals surface area contributed by atoms with Crippen LogP contribution in [-0.4, -0.2) is 26.5 Å². The van der Waals surface area contributed by atoms with Gasteiger partial charge < -0.3 is 5.32 Å². The van der Waals surface area contributed by atoms with E-state index in [0.29, 0.717) is 13.0 Å². The lowest BCUT2D eigenvalue weighted by molar-refractivity contribution is 0.571. The first-order valence-corrected chi connectivity index (χ1v) is 8.27. The van der Waals surface area contributed by atoms with Crippen molar-refractivity contribution in [3.8, 4) is 0 Å². The minimum absolute atomic E-state index is 0.182. The average Bonchev–Trinajstić information content (AvgIpc) is 2.28.